The molecule has 0 unspecified atom stereocenters. The molecule has 1 spiro atoms. The summed E-state index contributed by atoms with van der Waals surface area (Å²) in [4.78, 5) is 20.1. The van der Waals surface area contributed by atoms with Gasteiger partial charge in [-0.05, 0) is 180 Å². The largest absolute Gasteiger partial charge is 0.233 e. The average Bonchev–Trinajstić information content (AvgIpc) is 3.67. The molecule has 2 aliphatic carbocycles. The third-order valence-corrected chi connectivity index (χ3v) is 12.9. The molecule has 4 heterocycles. The average molecular weight is 777 g/mol. The highest BCUT2D eigenvalue weighted by molar-refractivity contribution is 7.80. The zero-order valence-corrected chi connectivity index (χ0v) is 34.6. The fourth-order valence-corrected chi connectivity index (χ4v) is 10.0. The number of nitrogens with zero attached hydrogens (tertiary/aromatic N) is 4. The highest BCUT2D eigenvalue weighted by Gasteiger charge is 2.52. The fraction of sp³-hybridized carbons (Fsp3) is 0.216. The molecule has 10 rings (SSSR count). The van der Waals surface area contributed by atoms with Crippen LogP contribution in [0.3, 0.4) is 0 Å². The first-order chi connectivity index (χ1) is 27.8. The minimum absolute atomic E-state index is 0.556. The van der Waals surface area contributed by atoms with Crippen molar-refractivity contribution < 1.29 is 0 Å². The van der Waals surface area contributed by atoms with Crippen LogP contribution in [0.5, 0.6) is 0 Å². The number of hydrogen-bond donors (Lipinski definition) is 2. The van der Waals surface area contributed by atoms with Gasteiger partial charge in [-0.1, -0.05) is 60.7 Å². The molecule has 0 saturated heterocycles. The second-order valence-electron chi connectivity index (χ2n) is 16.0. The van der Waals surface area contributed by atoms with Gasteiger partial charge in [0.2, 0.25) is 0 Å². The molecule has 0 bridgehead atoms. The molecular weight excluding hydrogens is 733 g/mol. The lowest BCUT2D eigenvalue weighted by atomic mass is 9.69. The Morgan fingerprint density at radius 1 is 0.439 bits per heavy atom. The summed E-state index contributed by atoms with van der Waals surface area (Å²) < 4.78 is 0. The van der Waals surface area contributed by atoms with Gasteiger partial charge in [0, 0.05) is 33.3 Å². The van der Waals surface area contributed by atoms with E-state index in [0.717, 1.165) is 93.2 Å². The van der Waals surface area contributed by atoms with Gasteiger partial charge >= 0.3 is 0 Å². The normalized spacial score (nSPS) is 13.3. The van der Waals surface area contributed by atoms with Crippen LogP contribution in [0.2, 0.25) is 0 Å². The van der Waals surface area contributed by atoms with E-state index in [4.69, 9.17) is 19.9 Å². The number of fused-ring (bicyclic) bond motifs is 12. The molecule has 4 nitrogen and oxygen atoms in total. The molecule has 0 radical (unpaired) electrons. The Balaban J connectivity index is 1.26. The smallest absolute Gasteiger partial charge is 0.160 e. The first-order valence-corrected chi connectivity index (χ1v) is 21.3. The maximum Gasteiger partial charge on any atom is 0.160 e. The van der Waals surface area contributed by atoms with Crippen molar-refractivity contribution in [1.82, 2.24) is 19.9 Å². The number of aromatic nitrogens is 4. The van der Waals surface area contributed by atoms with Crippen LogP contribution in [0.25, 0.3) is 66.8 Å². The Hall–Kier alpha value is -5.30. The lowest BCUT2D eigenvalue weighted by molar-refractivity contribution is 0.786. The molecule has 57 heavy (non-hydrogen) atoms. The lowest BCUT2D eigenvalue weighted by Gasteiger charge is -2.31. The van der Waals surface area contributed by atoms with Crippen LogP contribution < -0.4 is 0 Å². The van der Waals surface area contributed by atoms with Crippen molar-refractivity contribution >= 4 is 47.3 Å². The maximum atomic E-state index is 5.19. The number of pyridine rings is 4. The second kappa shape index (κ2) is 14.0. The zero-order valence-electron chi connectivity index (χ0n) is 32.8. The molecule has 0 aliphatic heterocycles. The number of benzene rings is 4. The van der Waals surface area contributed by atoms with Gasteiger partial charge < -0.3 is 0 Å². The van der Waals surface area contributed by atoms with Gasteiger partial charge in [0.15, 0.2) is 11.3 Å². The van der Waals surface area contributed by atoms with Crippen molar-refractivity contribution in [1.29, 1.82) is 0 Å². The van der Waals surface area contributed by atoms with E-state index >= 15 is 0 Å². The molecule has 0 atom stereocenters. The standard InChI is InChI=1S/C51H44N4S2/c1-29-23-31(3)52-49-37(29)17-19-47(54-49)35-11-15-41-39-13-9-33(7-5-21-56)25-43(39)51(45(41)27-35)44-26-34(8-6-22-57)10-14-40(44)42-16-12-36(28-46(42)51)48-20-18-38-30(2)24-32(4)53-50(38)55-48/h9-20,23-28,56-57H,5-8,21-22H2,1-4H3. The topological polar surface area (TPSA) is 51.6 Å². The third-order valence-electron chi connectivity index (χ3n) is 12.3. The van der Waals surface area contributed by atoms with Crippen LogP contribution in [0.15, 0.2) is 109 Å². The molecule has 0 fully saturated rings. The Morgan fingerprint density at radius 2 is 0.842 bits per heavy atom. The van der Waals surface area contributed by atoms with Gasteiger partial charge in [-0.3, -0.25) is 0 Å². The molecule has 4 aromatic carbocycles. The molecule has 0 saturated carbocycles. The molecule has 2 aliphatic rings. The molecule has 8 aromatic rings. The summed E-state index contributed by atoms with van der Waals surface area (Å²) in [7, 11) is 0. The van der Waals surface area contributed by atoms with Crippen molar-refractivity contribution in [3.05, 3.63) is 165 Å². The van der Waals surface area contributed by atoms with Crippen molar-refractivity contribution in [2.75, 3.05) is 11.5 Å². The molecule has 0 amide bonds. The summed E-state index contributed by atoms with van der Waals surface area (Å²) in [6.45, 7) is 8.36. The molecule has 4 aromatic heterocycles. The number of aryl methyl sites for hydroxylation is 6. The summed E-state index contributed by atoms with van der Waals surface area (Å²) >= 11 is 9.20. The van der Waals surface area contributed by atoms with Crippen molar-refractivity contribution in [2.45, 2.75) is 58.8 Å². The van der Waals surface area contributed by atoms with E-state index in [9.17, 15) is 0 Å². The highest BCUT2D eigenvalue weighted by atomic mass is 32.1. The van der Waals surface area contributed by atoms with E-state index in [1.165, 1.54) is 66.8 Å². The van der Waals surface area contributed by atoms with Gasteiger partial charge in [-0.25, -0.2) is 19.9 Å². The van der Waals surface area contributed by atoms with Crippen molar-refractivity contribution in [2.24, 2.45) is 0 Å². The Morgan fingerprint density at radius 3 is 1.26 bits per heavy atom. The van der Waals surface area contributed by atoms with Crippen molar-refractivity contribution in [3.63, 3.8) is 0 Å². The van der Waals surface area contributed by atoms with Gasteiger partial charge in [-0.15, -0.1) is 0 Å². The maximum absolute atomic E-state index is 5.19. The minimum Gasteiger partial charge on any atom is -0.233 e. The van der Waals surface area contributed by atoms with E-state index in [1.54, 1.807) is 0 Å². The molecule has 0 N–H and O–H groups in total. The number of hydrogen-bond acceptors (Lipinski definition) is 6. The predicted octanol–water partition coefficient (Wildman–Crippen LogP) is 12.2. The Labute approximate surface area is 345 Å². The van der Waals surface area contributed by atoms with Crippen LogP contribution >= 0.6 is 25.3 Å². The second-order valence-corrected chi connectivity index (χ2v) is 16.9. The molecule has 280 valence electrons. The monoisotopic (exact) mass is 776 g/mol. The summed E-state index contributed by atoms with van der Waals surface area (Å²) in [6.07, 6.45) is 4.02. The van der Waals surface area contributed by atoms with Crippen LogP contribution in [0.4, 0.5) is 0 Å². The van der Waals surface area contributed by atoms with E-state index < -0.39 is 5.41 Å². The van der Waals surface area contributed by atoms with E-state index in [0.29, 0.717) is 0 Å². The summed E-state index contributed by atoms with van der Waals surface area (Å²) in [6, 6.07) is 41.3. The minimum atomic E-state index is -0.556. The summed E-state index contributed by atoms with van der Waals surface area (Å²) in [5, 5.41) is 2.18. The van der Waals surface area contributed by atoms with E-state index in [2.05, 4.69) is 148 Å². The summed E-state index contributed by atoms with van der Waals surface area (Å²) in [5.74, 6) is 1.71. The first-order valence-electron chi connectivity index (χ1n) is 20.1. The van der Waals surface area contributed by atoms with E-state index in [-0.39, 0.29) is 0 Å². The Bertz CT molecular complexity index is 2750. The van der Waals surface area contributed by atoms with Crippen LogP contribution in [-0.4, -0.2) is 31.4 Å². The number of rotatable bonds is 8. The number of thiol groups is 2. The van der Waals surface area contributed by atoms with Crippen LogP contribution in [0.1, 0.15) is 68.7 Å². The molecule has 6 heteroatoms. The van der Waals surface area contributed by atoms with Gasteiger partial charge in [-0.2, -0.15) is 25.3 Å². The molecular formula is C51H44N4S2. The quantitative estimate of drug-likeness (QED) is 0.151. The highest BCUT2D eigenvalue weighted by Crippen LogP contribution is 2.64. The summed E-state index contributed by atoms with van der Waals surface area (Å²) in [5.41, 5.74) is 22.4. The zero-order chi connectivity index (χ0) is 39.0. The van der Waals surface area contributed by atoms with Crippen molar-refractivity contribution in [3.8, 4) is 44.8 Å². The van der Waals surface area contributed by atoms with Crippen LogP contribution in [0, 0.1) is 27.7 Å². The lowest BCUT2D eigenvalue weighted by Crippen LogP contribution is -2.26. The first kappa shape index (κ1) is 36.1. The Kier molecular flexibility index (Phi) is 8.84. The SMILES string of the molecule is Cc1cc(C)c2ccc(-c3ccc4c(c3)C3(c5cc(CCCS)ccc5-4)c4cc(CCCS)ccc4-c4ccc(-c5ccc6c(C)cc(C)nc6n5)cc43)nc2n1. The van der Waals surface area contributed by atoms with Gasteiger partial charge in [0.25, 0.3) is 0 Å². The fourth-order valence-electron chi connectivity index (χ4n) is 9.70. The third kappa shape index (κ3) is 5.74. The van der Waals surface area contributed by atoms with Gasteiger partial charge in [0.05, 0.1) is 16.8 Å². The van der Waals surface area contributed by atoms with E-state index in [1.807, 2.05) is 13.8 Å². The van der Waals surface area contributed by atoms with Gasteiger partial charge in [0.1, 0.15) is 0 Å². The van der Waals surface area contributed by atoms with Crippen LogP contribution in [-0.2, 0) is 18.3 Å². The predicted molar refractivity (Wildman–Crippen MR) is 243 cm³/mol.